The van der Waals surface area contributed by atoms with Gasteiger partial charge in [0.05, 0.1) is 12.5 Å². The van der Waals surface area contributed by atoms with Crippen LogP contribution in [0.2, 0.25) is 0 Å². The smallest absolute Gasteiger partial charge is 0.312 e. The van der Waals surface area contributed by atoms with Gasteiger partial charge in [0.25, 0.3) is 0 Å². The SMILES string of the molecule is COc1ccc(OCC(C)(C)C(=O)O)cc1. The average Bonchev–Trinajstić information content (AvgIpc) is 2.27. The maximum Gasteiger partial charge on any atom is 0.312 e. The predicted molar refractivity (Wildman–Crippen MR) is 59.9 cm³/mol. The summed E-state index contributed by atoms with van der Waals surface area (Å²) < 4.78 is 10.4. The van der Waals surface area contributed by atoms with Gasteiger partial charge in [-0.3, -0.25) is 4.79 Å². The molecule has 16 heavy (non-hydrogen) atoms. The molecule has 0 radical (unpaired) electrons. The Morgan fingerprint density at radius 1 is 1.25 bits per heavy atom. The molecule has 0 aliphatic heterocycles. The maximum absolute atomic E-state index is 10.8. The topological polar surface area (TPSA) is 55.8 Å². The number of hydrogen-bond donors (Lipinski definition) is 1. The quantitative estimate of drug-likeness (QED) is 0.832. The van der Waals surface area contributed by atoms with E-state index in [-0.39, 0.29) is 6.61 Å². The molecule has 1 aromatic rings. The van der Waals surface area contributed by atoms with Crippen LogP contribution in [0.4, 0.5) is 0 Å². The van der Waals surface area contributed by atoms with Crippen molar-refractivity contribution in [1.29, 1.82) is 0 Å². The highest BCUT2D eigenvalue weighted by molar-refractivity contribution is 5.73. The van der Waals surface area contributed by atoms with Gasteiger partial charge in [-0.2, -0.15) is 0 Å². The number of carboxylic acid groups (broad SMARTS) is 1. The van der Waals surface area contributed by atoms with Crippen LogP contribution < -0.4 is 9.47 Å². The van der Waals surface area contributed by atoms with Crippen LogP contribution in [0.25, 0.3) is 0 Å². The zero-order valence-corrected chi connectivity index (χ0v) is 9.69. The van der Waals surface area contributed by atoms with Crippen molar-refractivity contribution < 1.29 is 19.4 Å². The number of carboxylic acids is 1. The Labute approximate surface area is 94.8 Å². The van der Waals surface area contributed by atoms with E-state index in [4.69, 9.17) is 14.6 Å². The minimum Gasteiger partial charge on any atom is -0.497 e. The van der Waals surface area contributed by atoms with Crippen molar-refractivity contribution in [2.24, 2.45) is 5.41 Å². The monoisotopic (exact) mass is 224 g/mol. The third-order valence-corrected chi connectivity index (χ3v) is 2.24. The highest BCUT2D eigenvalue weighted by Crippen LogP contribution is 2.21. The third-order valence-electron chi connectivity index (χ3n) is 2.24. The number of carbonyl (C=O) groups is 1. The van der Waals surface area contributed by atoms with E-state index in [0.717, 1.165) is 5.75 Å². The molecule has 88 valence electrons. The number of methoxy groups -OCH3 is 1. The normalized spacial score (nSPS) is 10.9. The molecule has 0 fully saturated rings. The van der Waals surface area contributed by atoms with Crippen LogP contribution in [-0.4, -0.2) is 24.8 Å². The lowest BCUT2D eigenvalue weighted by molar-refractivity contribution is -0.148. The summed E-state index contributed by atoms with van der Waals surface area (Å²) in [7, 11) is 1.59. The molecule has 0 aliphatic rings. The highest BCUT2D eigenvalue weighted by atomic mass is 16.5. The van der Waals surface area contributed by atoms with Crippen LogP contribution >= 0.6 is 0 Å². The molecular formula is C12H16O4. The van der Waals surface area contributed by atoms with Gasteiger partial charge in [-0.25, -0.2) is 0 Å². The molecule has 1 N–H and O–H groups in total. The van der Waals surface area contributed by atoms with Crippen LogP contribution in [0.5, 0.6) is 11.5 Å². The number of hydrogen-bond acceptors (Lipinski definition) is 3. The van der Waals surface area contributed by atoms with Crippen molar-refractivity contribution in [2.45, 2.75) is 13.8 Å². The van der Waals surface area contributed by atoms with E-state index < -0.39 is 11.4 Å². The second-order valence-electron chi connectivity index (χ2n) is 4.15. The lowest BCUT2D eigenvalue weighted by atomic mass is 9.95. The molecule has 0 aliphatic carbocycles. The van der Waals surface area contributed by atoms with Gasteiger partial charge in [0.15, 0.2) is 0 Å². The van der Waals surface area contributed by atoms with Gasteiger partial charge >= 0.3 is 5.97 Å². The second-order valence-corrected chi connectivity index (χ2v) is 4.15. The van der Waals surface area contributed by atoms with Gasteiger partial charge in [0.1, 0.15) is 18.1 Å². The Hall–Kier alpha value is -1.71. The van der Waals surface area contributed by atoms with Crippen molar-refractivity contribution in [2.75, 3.05) is 13.7 Å². The fourth-order valence-corrected chi connectivity index (χ4v) is 0.997. The van der Waals surface area contributed by atoms with E-state index >= 15 is 0 Å². The molecular weight excluding hydrogens is 208 g/mol. The zero-order chi connectivity index (χ0) is 12.2. The van der Waals surface area contributed by atoms with E-state index in [9.17, 15) is 4.79 Å². The van der Waals surface area contributed by atoms with E-state index in [2.05, 4.69) is 0 Å². The van der Waals surface area contributed by atoms with Crippen LogP contribution in [-0.2, 0) is 4.79 Å². The molecule has 1 rings (SSSR count). The molecule has 4 heteroatoms. The summed E-state index contributed by atoms with van der Waals surface area (Å²) in [6.45, 7) is 3.38. The van der Waals surface area contributed by atoms with E-state index in [1.165, 1.54) is 0 Å². The number of ether oxygens (including phenoxy) is 2. The minimum absolute atomic E-state index is 0.134. The first kappa shape index (κ1) is 12.4. The van der Waals surface area contributed by atoms with Crippen molar-refractivity contribution in [3.63, 3.8) is 0 Å². The molecule has 0 aromatic heterocycles. The fraction of sp³-hybridized carbons (Fsp3) is 0.417. The first-order chi connectivity index (χ1) is 7.45. The van der Waals surface area contributed by atoms with Crippen molar-refractivity contribution in [3.05, 3.63) is 24.3 Å². The van der Waals surface area contributed by atoms with Crippen molar-refractivity contribution >= 4 is 5.97 Å². The summed E-state index contributed by atoms with van der Waals surface area (Å²) in [5.41, 5.74) is -0.889. The number of benzene rings is 1. The van der Waals surface area contributed by atoms with Crippen LogP contribution in [0, 0.1) is 5.41 Å². The van der Waals surface area contributed by atoms with Gasteiger partial charge in [-0.15, -0.1) is 0 Å². The third kappa shape index (κ3) is 3.15. The average molecular weight is 224 g/mol. The van der Waals surface area contributed by atoms with E-state index in [0.29, 0.717) is 5.75 Å². The van der Waals surface area contributed by atoms with Crippen molar-refractivity contribution in [3.8, 4) is 11.5 Å². The summed E-state index contributed by atoms with van der Waals surface area (Å²) in [5, 5.41) is 8.90. The van der Waals surface area contributed by atoms with E-state index in [1.807, 2.05) is 0 Å². The molecule has 0 spiro atoms. The summed E-state index contributed by atoms with van der Waals surface area (Å²) in [6, 6.07) is 7.03. The highest BCUT2D eigenvalue weighted by Gasteiger charge is 2.28. The molecule has 0 atom stereocenters. The predicted octanol–water partition coefficient (Wildman–Crippen LogP) is 2.18. The molecule has 0 heterocycles. The van der Waals surface area contributed by atoms with Gasteiger partial charge in [0.2, 0.25) is 0 Å². The van der Waals surface area contributed by atoms with Gasteiger partial charge in [0, 0.05) is 0 Å². The Morgan fingerprint density at radius 2 is 1.75 bits per heavy atom. The lowest BCUT2D eigenvalue weighted by Crippen LogP contribution is -2.30. The van der Waals surface area contributed by atoms with Gasteiger partial charge in [-0.05, 0) is 38.1 Å². The second kappa shape index (κ2) is 4.88. The Bertz CT molecular complexity index is 354. The molecule has 0 saturated carbocycles. The summed E-state index contributed by atoms with van der Waals surface area (Å²) in [4.78, 5) is 10.8. The molecule has 0 amide bonds. The fourth-order valence-electron chi connectivity index (χ4n) is 0.997. The molecule has 0 unspecified atom stereocenters. The first-order valence-corrected chi connectivity index (χ1v) is 4.96. The minimum atomic E-state index is -0.889. The Kier molecular flexibility index (Phi) is 3.77. The Balaban J connectivity index is 2.58. The molecule has 1 aromatic carbocycles. The number of aliphatic carboxylic acids is 1. The van der Waals surface area contributed by atoms with Gasteiger partial charge in [-0.1, -0.05) is 0 Å². The maximum atomic E-state index is 10.8. The first-order valence-electron chi connectivity index (χ1n) is 4.96. The lowest BCUT2D eigenvalue weighted by Gasteiger charge is -2.19. The summed E-state index contributed by atoms with van der Waals surface area (Å²) in [6.07, 6.45) is 0. The van der Waals surface area contributed by atoms with E-state index in [1.54, 1.807) is 45.2 Å². The summed E-state index contributed by atoms with van der Waals surface area (Å²) in [5.74, 6) is 0.501. The van der Waals surface area contributed by atoms with Gasteiger partial charge < -0.3 is 14.6 Å². The standard InChI is InChI=1S/C12H16O4/c1-12(2,11(13)14)8-16-10-6-4-9(15-3)5-7-10/h4-7H,8H2,1-3H3,(H,13,14). The molecule has 4 nitrogen and oxygen atoms in total. The molecule has 0 saturated heterocycles. The number of rotatable bonds is 5. The Morgan fingerprint density at radius 3 is 2.19 bits per heavy atom. The van der Waals surface area contributed by atoms with Crippen LogP contribution in [0.1, 0.15) is 13.8 Å². The summed E-state index contributed by atoms with van der Waals surface area (Å²) >= 11 is 0. The van der Waals surface area contributed by atoms with Crippen LogP contribution in [0.3, 0.4) is 0 Å². The molecule has 0 bridgehead atoms. The van der Waals surface area contributed by atoms with Crippen LogP contribution in [0.15, 0.2) is 24.3 Å². The zero-order valence-electron chi connectivity index (χ0n) is 9.69. The largest absolute Gasteiger partial charge is 0.497 e. The van der Waals surface area contributed by atoms with Crippen molar-refractivity contribution in [1.82, 2.24) is 0 Å².